The van der Waals surface area contributed by atoms with Gasteiger partial charge in [0.05, 0.1) is 11.9 Å². The molecule has 0 aliphatic carbocycles. The normalized spacial score (nSPS) is 11.5. The van der Waals surface area contributed by atoms with Crippen molar-refractivity contribution < 1.29 is 4.79 Å². The molecule has 0 bridgehead atoms. The molecule has 1 amide bonds. The average molecular weight is 355 g/mol. The molecule has 114 valence electrons. The largest absolute Gasteiger partial charge is 0.382 e. The van der Waals surface area contributed by atoms with Gasteiger partial charge in [0.25, 0.3) is 5.56 Å². The van der Waals surface area contributed by atoms with E-state index in [1.807, 2.05) is 13.8 Å². The Balaban J connectivity index is 2.57. The SMILES string of the molecule is C#CCn1ncc(NCCC(=O)NC(C)CC)c(Br)c1=O. The first-order valence-corrected chi connectivity index (χ1v) is 7.51. The summed E-state index contributed by atoms with van der Waals surface area (Å²) in [4.78, 5) is 23.5. The fraction of sp³-hybridized carbons (Fsp3) is 0.500. The van der Waals surface area contributed by atoms with Crippen molar-refractivity contribution in [1.82, 2.24) is 15.1 Å². The third-order valence-corrected chi connectivity index (χ3v) is 3.68. The second-order valence-corrected chi connectivity index (χ2v) is 5.39. The van der Waals surface area contributed by atoms with Gasteiger partial charge < -0.3 is 10.6 Å². The Kier molecular flexibility index (Phi) is 6.96. The molecule has 6 nitrogen and oxygen atoms in total. The van der Waals surface area contributed by atoms with Gasteiger partial charge in [0.1, 0.15) is 11.0 Å². The fourth-order valence-corrected chi connectivity index (χ4v) is 1.99. The van der Waals surface area contributed by atoms with E-state index in [9.17, 15) is 9.59 Å². The summed E-state index contributed by atoms with van der Waals surface area (Å²) in [5.74, 6) is 2.33. The molecule has 1 unspecified atom stereocenters. The van der Waals surface area contributed by atoms with Gasteiger partial charge in [-0.1, -0.05) is 12.8 Å². The van der Waals surface area contributed by atoms with E-state index in [2.05, 4.69) is 37.6 Å². The molecule has 2 N–H and O–H groups in total. The monoisotopic (exact) mass is 354 g/mol. The van der Waals surface area contributed by atoms with E-state index >= 15 is 0 Å². The summed E-state index contributed by atoms with van der Waals surface area (Å²) >= 11 is 3.21. The topological polar surface area (TPSA) is 76.0 Å². The van der Waals surface area contributed by atoms with Gasteiger partial charge in [-0.2, -0.15) is 5.10 Å². The van der Waals surface area contributed by atoms with Crippen molar-refractivity contribution in [3.63, 3.8) is 0 Å². The van der Waals surface area contributed by atoms with Crippen LogP contribution >= 0.6 is 15.9 Å². The van der Waals surface area contributed by atoms with E-state index < -0.39 is 0 Å². The third-order valence-electron chi connectivity index (χ3n) is 2.91. The van der Waals surface area contributed by atoms with Gasteiger partial charge in [-0.15, -0.1) is 6.42 Å². The van der Waals surface area contributed by atoms with Crippen molar-refractivity contribution in [1.29, 1.82) is 0 Å². The maximum absolute atomic E-state index is 11.9. The lowest BCUT2D eigenvalue weighted by Gasteiger charge is -2.12. The van der Waals surface area contributed by atoms with Gasteiger partial charge in [-0.3, -0.25) is 9.59 Å². The lowest BCUT2D eigenvalue weighted by Crippen LogP contribution is -2.33. The van der Waals surface area contributed by atoms with Crippen LogP contribution in [-0.4, -0.2) is 28.3 Å². The molecular formula is C14H19BrN4O2. The first-order valence-electron chi connectivity index (χ1n) is 6.71. The Labute approximate surface area is 132 Å². The zero-order valence-electron chi connectivity index (χ0n) is 12.1. The molecule has 0 saturated heterocycles. The minimum absolute atomic E-state index is 0.0263. The van der Waals surface area contributed by atoms with Gasteiger partial charge in [0.2, 0.25) is 5.91 Å². The molecule has 1 aromatic heterocycles. The maximum atomic E-state index is 11.9. The standard InChI is InChI=1S/C14H19BrN4O2/c1-4-8-19-14(21)13(15)11(9-17-19)16-7-6-12(20)18-10(3)5-2/h1,9-10,16H,5-8H2,2-3H3,(H,18,20). The number of halogens is 1. The van der Waals surface area contributed by atoms with Crippen molar-refractivity contribution in [2.45, 2.75) is 39.3 Å². The Bertz CT molecular complexity index is 592. The molecule has 7 heteroatoms. The number of terminal acetylenes is 1. The maximum Gasteiger partial charge on any atom is 0.284 e. The predicted molar refractivity (Wildman–Crippen MR) is 86.0 cm³/mol. The van der Waals surface area contributed by atoms with Crippen LogP contribution in [-0.2, 0) is 11.3 Å². The molecule has 1 rings (SSSR count). The molecule has 0 aromatic carbocycles. The number of anilines is 1. The minimum atomic E-state index is -0.304. The molecule has 0 fully saturated rings. The number of nitrogens with one attached hydrogen (secondary N) is 2. The smallest absolute Gasteiger partial charge is 0.284 e. The minimum Gasteiger partial charge on any atom is -0.382 e. The van der Waals surface area contributed by atoms with Gasteiger partial charge in [-0.05, 0) is 29.3 Å². The van der Waals surface area contributed by atoms with Crippen molar-refractivity contribution in [3.05, 3.63) is 21.0 Å². The van der Waals surface area contributed by atoms with Crippen LogP contribution in [0.15, 0.2) is 15.5 Å². The summed E-state index contributed by atoms with van der Waals surface area (Å²) in [5, 5.41) is 9.84. The highest BCUT2D eigenvalue weighted by atomic mass is 79.9. The fourth-order valence-electron chi connectivity index (χ4n) is 1.55. The molecule has 1 heterocycles. The number of carbonyl (C=O) groups is 1. The molecule has 0 spiro atoms. The van der Waals surface area contributed by atoms with Crippen molar-refractivity contribution >= 4 is 27.5 Å². The van der Waals surface area contributed by atoms with Gasteiger partial charge >= 0.3 is 0 Å². The molecule has 21 heavy (non-hydrogen) atoms. The molecule has 1 aromatic rings. The summed E-state index contributed by atoms with van der Waals surface area (Å²) < 4.78 is 1.54. The van der Waals surface area contributed by atoms with Gasteiger partial charge in [-0.25, -0.2) is 4.68 Å². The first kappa shape index (κ1) is 17.2. The van der Waals surface area contributed by atoms with Crippen LogP contribution in [0.1, 0.15) is 26.7 Å². The number of nitrogens with zero attached hydrogens (tertiary/aromatic N) is 2. The summed E-state index contributed by atoms with van der Waals surface area (Å²) in [5.41, 5.74) is 0.242. The van der Waals surface area contributed by atoms with E-state index in [-0.39, 0.29) is 24.1 Å². The quantitative estimate of drug-likeness (QED) is 0.724. The predicted octanol–water partition coefficient (Wildman–Crippen LogP) is 1.36. The zero-order chi connectivity index (χ0) is 15.8. The molecular weight excluding hydrogens is 336 g/mol. The number of carbonyl (C=O) groups excluding carboxylic acids is 1. The highest BCUT2D eigenvalue weighted by molar-refractivity contribution is 9.10. The summed E-state index contributed by atoms with van der Waals surface area (Å²) in [6, 6.07) is 0.165. The number of amides is 1. The summed E-state index contributed by atoms with van der Waals surface area (Å²) in [6.07, 6.45) is 7.88. The van der Waals surface area contributed by atoms with E-state index in [0.717, 1.165) is 6.42 Å². The number of aromatic nitrogens is 2. The first-order chi connectivity index (χ1) is 9.99. The number of hydrogen-bond acceptors (Lipinski definition) is 4. The van der Waals surface area contributed by atoms with Crippen molar-refractivity contribution in [2.75, 3.05) is 11.9 Å². The van der Waals surface area contributed by atoms with Crippen LogP contribution in [0.3, 0.4) is 0 Å². The van der Waals surface area contributed by atoms with Crippen LogP contribution < -0.4 is 16.2 Å². The Hall–Kier alpha value is -1.81. The Morgan fingerprint density at radius 1 is 1.62 bits per heavy atom. The molecule has 1 atom stereocenters. The van der Waals surface area contributed by atoms with Crippen LogP contribution in [0.25, 0.3) is 0 Å². The van der Waals surface area contributed by atoms with Crippen LogP contribution in [0.2, 0.25) is 0 Å². The van der Waals surface area contributed by atoms with E-state index in [0.29, 0.717) is 23.1 Å². The van der Waals surface area contributed by atoms with E-state index in [1.54, 1.807) is 0 Å². The average Bonchev–Trinajstić information content (AvgIpc) is 2.46. The second-order valence-electron chi connectivity index (χ2n) is 4.59. The number of hydrogen-bond donors (Lipinski definition) is 2. The molecule has 0 radical (unpaired) electrons. The van der Waals surface area contributed by atoms with Crippen molar-refractivity contribution in [2.24, 2.45) is 0 Å². The highest BCUT2D eigenvalue weighted by Gasteiger charge is 2.09. The molecule has 0 aliphatic rings. The zero-order valence-corrected chi connectivity index (χ0v) is 13.7. The summed E-state index contributed by atoms with van der Waals surface area (Å²) in [6.45, 7) is 4.50. The van der Waals surface area contributed by atoms with Crippen LogP contribution in [0, 0.1) is 12.3 Å². The van der Waals surface area contributed by atoms with Crippen molar-refractivity contribution in [3.8, 4) is 12.3 Å². The van der Waals surface area contributed by atoms with E-state index in [1.165, 1.54) is 10.9 Å². The van der Waals surface area contributed by atoms with Crippen LogP contribution in [0.5, 0.6) is 0 Å². The summed E-state index contributed by atoms with van der Waals surface area (Å²) in [7, 11) is 0. The number of rotatable bonds is 7. The second kappa shape index (κ2) is 8.47. The Morgan fingerprint density at radius 3 is 2.95 bits per heavy atom. The highest BCUT2D eigenvalue weighted by Crippen LogP contribution is 2.15. The third kappa shape index (κ3) is 5.23. The molecule has 0 aliphatic heterocycles. The van der Waals surface area contributed by atoms with Gasteiger partial charge in [0, 0.05) is 19.0 Å². The Morgan fingerprint density at radius 2 is 2.33 bits per heavy atom. The lowest BCUT2D eigenvalue weighted by molar-refractivity contribution is -0.121. The van der Waals surface area contributed by atoms with Gasteiger partial charge in [0.15, 0.2) is 0 Å². The molecule has 0 saturated carbocycles. The van der Waals surface area contributed by atoms with E-state index in [4.69, 9.17) is 6.42 Å². The lowest BCUT2D eigenvalue weighted by atomic mass is 10.2. The van der Waals surface area contributed by atoms with Crippen LogP contribution in [0.4, 0.5) is 5.69 Å².